The van der Waals surface area contributed by atoms with Crippen molar-refractivity contribution >= 4 is 34.7 Å². The van der Waals surface area contributed by atoms with Gasteiger partial charge in [0.15, 0.2) is 23.2 Å². The Labute approximate surface area is 163 Å². The molecular weight excluding hydrogens is 392 g/mol. The van der Waals surface area contributed by atoms with Gasteiger partial charge in [-0.15, -0.1) is 0 Å². The summed E-state index contributed by atoms with van der Waals surface area (Å²) >= 11 is 1.38. The summed E-state index contributed by atoms with van der Waals surface area (Å²) in [7, 11) is 1.40. The van der Waals surface area contributed by atoms with Crippen molar-refractivity contribution in [3.63, 3.8) is 0 Å². The van der Waals surface area contributed by atoms with E-state index in [2.05, 4.69) is 15.0 Å². The Morgan fingerprint density at radius 3 is 2.86 bits per heavy atom. The Hall–Kier alpha value is -2.19. The van der Waals surface area contributed by atoms with E-state index in [0.717, 1.165) is 0 Å². The number of aliphatic carboxylic acids is 1. The summed E-state index contributed by atoms with van der Waals surface area (Å²) in [5.41, 5.74) is 11.9. The molecule has 1 aliphatic rings. The van der Waals surface area contributed by atoms with Crippen molar-refractivity contribution < 1.29 is 29.6 Å². The number of ether oxygens (including phenoxy) is 2. The molecule has 1 saturated heterocycles. The average Bonchev–Trinajstić information content (AvgIpc) is 3.21. The van der Waals surface area contributed by atoms with Crippen LogP contribution in [-0.4, -0.2) is 83.8 Å². The molecule has 28 heavy (non-hydrogen) atoms. The van der Waals surface area contributed by atoms with Crippen LogP contribution < -0.4 is 16.2 Å². The molecule has 0 aromatic carbocycles. The van der Waals surface area contributed by atoms with Gasteiger partial charge < -0.3 is 36.3 Å². The van der Waals surface area contributed by atoms with Gasteiger partial charge in [0.05, 0.1) is 19.5 Å². The summed E-state index contributed by atoms with van der Waals surface area (Å²) in [6, 6.07) is -0.889. The van der Waals surface area contributed by atoms with Crippen LogP contribution in [-0.2, 0) is 9.53 Å². The number of carboxylic acids is 1. The fourth-order valence-electron chi connectivity index (χ4n) is 2.83. The van der Waals surface area contributed by atoms with E-state index in [-0.39, 0.29) is 18.2 Å². The monoisotopic (exact) mass is 414 g/mol. The molecule has 7 N–H and O–H groups in total. The number of aromatic nitrogens is 4. The topological polar surface area (TPSA) is 192 Å². The maximum Gasteiger partial charge on any atom is 0.320 e. The highest BCUT2D eigenvalue weighted by Gasteiger charge is 2.44. The van der Waals surface area contributed by atoms with Gasteiger partial charge in [-0.3, -0.25) is 9.36 Å². The Morgan fingerprint density at radius 2 is 2.18 bits per heavy atom. The normalized spacial score (nSPS) is 25.9. The zero-order valence-corrected chi connectivity index (χ0v) is 15.8. The second kappa shape index (κ2) is 8.45. The summed E-state index contributed by atoms with van der Waals surface area (Å²) in [6.45, 7) is 0. The Morgan fingerprint density at radius 1 is 1.43 bits per heavy atom. The van der Waals surface area contributed by atoms with Crippen molar-refractivity contribution in [3.05, 3.63) is 6.33 Å². The van der Waals surface area contributed by atoms with E-state index in [0.29, 0.717) is 22.7 Å². The molecule has 0 bridgehead atoms. The number of nitrogen functional groups attached to an aromatic ring is 1. The Balaban J connectivity index is 1.70. The zero-order valence-electron chi connectivity index (χ0n) is 15.0. The molecule has 0 saturated carbocycles. The van der Waals surface area contributed by atoms with Crippen LogP contribution in [0.2, 0.25) is 0 Å². The van der Waals surface area contributed by atoms with Gasteiger partial charge in [-0.25, -0.2) is 4.98 Å². The Bertz CT molecular complexity index is 850. The summed E-state index contributed by atoms with van der Waals surface area (Å²) < 4.78 is 12.3. The standard InChI is InChI=1S/C15H22N6O6S/c1-26-15-19-11(17)8-12(20-15)21(5-18-8)13-10(23)9(22)7(27-13)4-28-3-2-6(16)14(24)25/h5-7,9-10,13,22-23H,2-4,16H2,1H3,(H,24,25)(H2,17,19,20)/t6?,7-,9-,10-,13-/m1/s1. The lowest BCUT2D eigenvalue weighted by atomic mass is 10.1. The maximum atomic E-state index is 10.7. The van der Waals surface area contributed by atoms with Crippen molar-refractivity contribution in [1.82, 2.24) is 19.5 Å². The molecule has 13 heteroatoms. The van der Waals surface area contributed by atoms with Gasteiger partial charge in [-0.2, -0.15) is 21.7 Å². The number of carbonyl (C=O) groups is 1. The van der Waals surface area contributed by atoms with Gasteiger partial charge in [0.1, 0.15) is 18.2 Å². The number of hydrogen-bond donors (Lipinski definition) is 5. The molecule has 12 nitrogen and oxygen atoms in total. The van der Waals surface area contributed by atoms with Crippen LogP contribution in [0.5, 0.6) is 6.01 Å². The maximum absolute atomic E-state index is 10.7. The number of hydrogen-bond acceptors (Lipinski definition) is 11. The number of rotatable bonds is 8. The molecule has 3 rings (SSSR count). The largest absolute Gasteiger partial charge is 0.480 e. The van der Waals surface area contributed by atoms with Gasteiger partial charge >= 0.3 is 12.0 Å². The molecular formula is C15H22N6O6S. The first-order valence-electron chi connectivity index (χ1n) is 8.45. The molecule has 0 aliphatic carbocycles. The van der Waals surface area contributed by atoms with E-state index >= 15 is 0 Å². The first kappa shape index (κ1) is 20.5. The van der Waals surface area contributed by atoms with E-state index < -0.39 is 36.6 Å². The van der Waals surface area contributed by atoms with Crippen LogP contribution >= 0.6 is 11.8 Å². The van der Waals surface area contributed by atoms with E-state index in [1.54, 1.807) is 0 Å². The summed E-state index contributed by atoms with van der Waals surface area (Å²) in [6.07, 6.45) is -2.25. The van der Waals surface area contributed by atoms with Crippen molar-refractivity contribution in [2.75, 3.05) is 24.3 Å². The number of aliphatic hydroxyl groups is 2. The summed E-state index contributed by atoms with van der Waals surface area (Å²) in [5.74, 6) is -0.100. The fraction of sp³-hybridized carbons (Fsp3) is 0.600. The third-order valence-electron chi connectivity index (χ3n) is 4.39. The molecule has 3 heterocycles. The molecule has 0 spiro atoms. The van der Waals surface area contributed by atoms with E-state index in [1.807, 2.05) is 0 Å². The molecule has 1 aliphatic heterocycles. The molecule has 1 unspecified atom stereocenters. The minimum absolute atomic E-state index is 0.0432. The first-order valence-corrected chi connectivity index (χ1v) is 9.60. The van der Waals surface area contributed by atoms with Gasteiger partial charge in [-0.1, -0.05) is 0 Å². The fourth-order valence-corrected chi connectivity index (χ4v) is 3.92. The SMILES string of the molecule is COc1nc(N)c2ncn([C@@H]3O[C@H](CSCCC(N)C(=O)O)[C@@H](O)[C@H]3O)c2n1. The number of methoxy groups -OCH3 is 1. The van der Waals surface area contributed by atoms with Crippen LogP contribution in [0.25, 0.3) is 11.2 Å². The van der Waals surface area contributed by atoms with Crippen molar-refractivity contribution in [2.24, 2.45) is 5.73 Å². The summed E-state index contributed by atoms with van der Waals surface area (Å²) in [4.78, 5) is 23.0. The zero-order chi connectivity index (χ0) is 20.4. The van der Waals surface area contributed by atoms with Crippen LogP contribution in [0.3, 0.4) is 0 Å². The van der Waals surface area contributed by atoms with Crippen LogP contribution in [0.15, 0.2) is 6.33 Å². The summed E-state index contributed by atoms with van der Waals surface area (Å²) in [5, 5.41) is 29.5. The van der Waals surface area contributed by atoms with Crippen LogP contribution in [0, 0.1) is 0 Å². The van der Waals surface area contributed by atoms with E-state index in [4.69, 9.17) is 26.0 Å². The third-order valence-corrected chi connectivity index (χ3v) is 5.48. The molecule has 1 fully saturated rings. The predicted molar refractivity (Wildman–Crippen MR) is 99.8 cm³/mol. The van der Waals surface area contributed by atoms with Crippen molar-refractivity contribution in [3.8, 4) is 6.01 Å². The minimum atomic E-state index is -1.22. The highest BCUT2D eigenvalue weighted by molar-refractivity contribution is 7.99. The molecule has 2 aromatic heterocycles. The van der Waals surface area contributed by atoms with Crippen LogP contribution in [0.1, 0.15) is 12.6 Å². The number of anilines is 1. The lowest BCUT2D eigenvalue weighted by Gasteiger charge is -2.16. The quantitative estimate of drug-likeness (QED) is 0.317. The van der Waals surface area contributed by atoms with E-state index in [9.17, 15) is 15.0 Å². The third kappa shape index (κ3) is 3.98. The average molecular weight is 414 g/mol. The molecule has 0 amide bonds. The number of nitrogens with zero attached hydrogens (tertiary/aromatic N) is 4. The van der Waals surface area contributed by atoms with Crippen molar-refractivity contribution in [1.29, 1.82) is 0 Å². The second-order valence-corrected chi connectivity index (χ2v) is 7.42. The number of imidazole rings is 1. The van der Waals surface area contributed by atoms with Gasteiger partial charge in [0.25, 0.3) is 0 Å². The number of carboxylic acid groups (broad SMARTS) is 1. The Kier molecular flexibility index (Phi) is 6.20. The highest BCUT2D eigenvalue weighted by atomic mass is 32.2. The first-order chi connectivity index (χ1) is 13.3. The number of nitrogens with two attached hydrogens (primary N) is 2. The number of fused-ring (bicyclic) bond motifs is 1. The van der Waals surface area contributed by atoms with Crippen LogP contribution in [0.4, 0.5) is 5.82 Å². The highest BCUT2D eigenvalue weighted by Crippen LogP contribution is 2.33. The van der Waals surface area contributed by atoms with E-state index in [1.165, 1.54) is 29.8 Å². The lowest BCUT2D eigenvalue weighted by Crippen LogP contribution is -2.33. The molecule has 2 aromatic rings. The second-order valence-electron chi connectivity index (χ2n) is 6.27. The molecule has 0 radical (unpaired) electrons. The number of thioether (sulfide) groups is 1. The predicted octanol–water partition coefficient (Wildman–Crippen LogP) is -1.43. The van der Waals surface area contributed by atoms with Gasteiger partial charge in [0.2, 0.25) is 0 Å². The lowest BCUT2D eigenvalue weighted by molar-refractivity contribution is -0.138. The number of aliphatic hydroxyl groups excluding tert-OH is 2. The molecule has 154 valence electrons. The van der Waals surface area contributed by atoms with Gasteiger partial charge in [-0.05, 0) is 12.2 Å². The van der Waals surface area contributed by atoms with Gasteiger partial charge in [0, 0.05) is 5.75 Å². The smallest absolute Gasteiger partial charge is 0.320 e. The molecule has 5 atom stereocenters. The minimum Gasteiger partial charge on any atom is -0.480 e. The van der Waals surface area contributed by atoms with Crippen molar-refractivity contribution in [2.45, 2.75) is 37.0 Å².